The Morgan fingerprint density at radius 2 is 2.00 bits per heavy atom. The van der Waals surface area contributed by atoms with E-state index in [1.807, 2.05) is 0 Å². The first kappa shape index (κ1) is 12.9. The van der Waals surface area contributed by atoms with Crippen LogP contribution in [0.15, 0.2) is 18.2 Å². The topological polar surface area (TPSA) is 71.2 Å². The van der Waals surface area contributed by atoms with Crippen molar-refractivity contribution in [1.82, 2.24) is 15.1 Å². The number of carboxylic acids is 1. The zero-order valence-electron chi connectivity index (χ0n) is 11.7. The molecule has 1 aromatic heterocycles. The molecule has 1 N–H and O–H groups in total. The van der Waals surface area contributed by atoms with Crippen LogP contribution in [0.2, 0.25) is 0 Å². The lowest BCUT2D eigenvalue weighted by Gasteiger charge is -2.39. The van der Waals surface area contributed by atoms with E-state index in [9.17, 15) is 4.79 Å². The number of hydrogen-bond donors (Lipinski definition) is 1. The van der Waals surface area contributed by atoms with Crippen LogP contribution in [0.4, 0.5) is 0 Å². The van der Waals surface area contributed by atoms with Crippen molar-refractivity contribution in [2.75, 3.05) is 5.01 Å². The van der Waals surface area contributed by atoms with Gasteiger partial charge in [-0.1, -0.05) is 0 Å². The van der Waals surface area contributed by atoms with E-state index in [1.165, 1.54) is 6.42 Å². The van der Waals surface area contributed by atoms with Gasteiger partial charge in [0.1, 0.15) is 11.0 Å². The Kier molecular flexibility index (Phi) is 3.08. The second-order valence-corrected chi connectivity index (χ2v) is 5.50. The second-order valence-electron chi connectivity index (χ2n) is 5.50. The fourth-order valence-corrected chi connectivity index (χ4v) is 2.99. The molecular formula is C14H18N4O2. The molecule has 3 rings (SSSR count). The highest BCUT2D eigenvalue weighted by molar-refractivity contribution is 5.92. The monoisotopic (exact) mass is 274 g/mol. The third-order valence-corrected chi connectivity index (χ3v) is 4.04. The maximum Gasteiger partial charge on any atom is 0.335 e. The summed E-state index contributed by atoms with van der Waals surface area (Å²) in [6.45, 7) is 4.34. The summed E-state index contributed by atoms with van der Waals surface area (Å²) in [5.74, 6) is -0.931. The molecule has 1 saturated heterocycles. The van der Waals surface area contributed by atoms with E-state index in [0.29, 0.717) is 12.1 Å². The minimum atomic E-state index is -0.931. The lowest BCUT2D eigenvalue weighted by Crippen LogP contribution is -2.51. The van der Waals surface area contributed by atoms with E-state index in [0.717, 1.165) is 23.9 Å². The summed E-state index contributed by atoms with van der Waals surface area (Å²) in [5, 5.41) is 19.7. The number of hydrogen-bond acceptors (Lipinski definition) is 4. The highest BCUT2D eigenvalue weighted by Crippen LogP contribution is 2.23. The number of aromatic carboxylic acids is 1. The van der Waals surface area contributed by atoms with Crippen molar-refractivity contribution >= 4 is 17.0 Å². The zero-order valence-corrected chi connectivity index (χ0v) is 11.7. The Balaban J connectivity index is 2.10. The molecule has 106 valence electrons. The number of rotatable bonds is 2. The number of carbonyl (C=O) groups is 1. The molecule has 0 spiro atoms. The average molecular weight is 274 g/mol. The third kappa shape index (κ3) is 2.01. The molecule has 1 fully saturated rings. The van der Waals surface area contributed by atoms with Crippen molar-refractivity contribution in [2.45, 2.75) is 45.2 Å². The Morgan fingerprint density at radius 3 is 2.65 bits per heavy atom. The minimum absolute atomic E-state index is 0.262. The number of carboxylic acid groups (broad SMARTS) is 1. The molecule has 2 heterocycles. The molecule has 1 aromatic carbocycles. The highest BCUT2D eigenvalue weighted by Gasteiger charge is 2.27. The summed E-state index contributed by atoms with van der Waals surface area (Å²) in [6.07, 6.45) is 3.44. The highest BCUT2D eigenvalue weighted by atomic mass is 16.4. The molecule has 0 saturated carbocycles. The fourth-order valence-electron chi connectivity index (χ4n) is 2.99. The molecule has 2 aromatic rings. The Labute approximate surface area is 117 Å². The van der Waals surface area contributed by atoms with Gasteiger partial charge in [0.25, 0.3) is 0 Å². The van der Waals surface area contributed by atoms with Gasteiger partial charge in [-0.2, -0.15) is 4.79 Å². The molecule has 0 radical (unpaired) electrons. The van der Waals surface area contributed by atoms with E-state index < -0.39 is 5.97 Å². The lowest BCUT2D eigenvalue weighted by atomic mass is 10.00. The fraction of sp³-hybridized carbons (Fsp3) is 0.500. The summed E-state index contributed by atoms with van der Waals surface area (Å²) in [5.41, 5.74) is 1.74. The van der Waals surface area contributed by atoms with Gasteiger partial charge in [-0.05, 0) is 56.5 Å². The van der Waals surface area contributed by atoms with Crippen LogP contribution in [0.5, 0.6) is 0 Å². The van der Waals surface area contributed by atoms with Crippen LogP contribution < -0.4 is 5.01 Å². The maximum atomic E-state index is 11.1. The predicted molar refractivity (Wildman–Crippen MR) is 75.5 cm³/mol. The van der Waals surface area contributed by atoms with E-state index in [4.69, 9.17) is 5.11 Å². The van der Waals surface area contributed by atoms with Gasteiger partial charge in [0.05, 0.1) is 5.56 Å². The zero-order chi connectivity index (χ0) is 14.3. The van der Waals surface area contributed by atoms with Crippen LogP contribution in [-0.4, -0.2) is 38.3 Å². The summed E-state index contributed by atoms with van der Waals surface area (Å²) < 4.78 is 0. The maximum absolute atomic E-state index is 11.1. The van der Waals surface area contributed by atoms with Crippen molar-refractivity contribution in [2.24, 2.45) is 0 Å². The molecule has 6 nitrogen and oxygen atoms in total. The van der Waals surface area contributed by atoms with Crippen LogP contribution >= 0.6 is 0 Å². The first-order chi connectivity index (χ1) is 9.58. The van der Waals surface area contributed by atoms with Gasteiger partial charge < -0.3 is 5.11 Å². The molecule has 0 aliphatic carbocycles. The van der Waals surface area contributed by atoms with E-state index >= 15 is 0 Å². The van der Waals surface area contributed by atoms with Gasteiger partial charge in [-0.3, -0.25) is 5.01 Å². The molecule has 0 bridgehead atoms. The van der Waals surface area contributed by atoms with Crippen molar-refractivity contribution in [1.29, 1.82) is 0 Å². The van der Waals surface area contributed by atoms with Crippen molar-refractivity contribution in [3.63, 3.8) is 0 Å². The SMILES string of the molecule is CC1CCCC(C)N1n1nnc2ccc(C(=O)O)cc21. The van der Waals surface area contributed by atoms with Crippen LogP contribution in [0.3, 0.4) is 0 Å². The Bertz CT molecular complexity index is 642. The summed E-state index contributed by atoms with van der Waals surface area (Å²) in [4.78, 5) is 12.9. The quantitative estimate of drug-likeness (QED) is 0.907. The van der Waals surface area contributed by atoms with Crippen LogP contribution in [0.25, 0.3) is 11.0 Å². The molecule has 0 amide bonds. The van der Waals surface area contributed by atoms with Gasteiger partial charge in [-0.15, -0.1) is 5.10 Å². The van der Waals surface area contributed by atoms with Crippen LogP contribution in [0, 0.1) is 0 Å². The van der Waals surface area contributed by atoms with Crippen LogP contribution in [-0.2, 0) is 0 Å². The van der Waals surface area contributed by atoms with E-state index in [-0.39, 0.29) is 5.56 Å². The summed E-state index contributed by atoms with van der Waals surface area (Å²) in [6, 6.07) is 5.66. The van der Waals surface area contributed by atoms with Gasteiger partial charge >= 0.3 is 5.97 Å². The molecule has 1 aliphatic heterocycles. The predicted octanol–water partition coefficient (Wildman–Crippen LogP) is 2.03. The smallest absolute Gasteiger partial charge is 0.335 e. The largest absolute Gasteiger partial charge is 0.478 e. The normalized spacial score (nSPS) is 23.2. The Hall–Kier alpha value is -2.11. The third-order valence-electron chi connectivity index (χ3n) is 4.04. The van der Waals surface area contributed by atoms with Crippen molar-refractivity contribution < 1.29 is 9.90 Å². The van der Waals surface area contributed by atoms with Crippen molar-refractivity contribution in [3.8, 4) is 0 Å². The standard InChI is InChI=1S/C14H18N4O2/c1-9-4-3-5-10(2)17(9)18-13-8-11(14(19)20)6-7-12(13)15-16-18/h6-10H,3-5H2,1-2H3,(H,19,20). The van der Waals surface area contributed by atoms with Gasteiger partial charge in [-0.25, -0.2) is 4.79 Å². The Morgan fingerprint density at radius 1 is 1.30 bits per heavy atom. The van der Waals surface area contributed by atoms with E-state index in [1.54, 1.807) is 23.0 Å². The number of nitrogens with zero attached hydrogens (tertiary/aromatic N) is 4. The van der Waals surface area contributed by atoms with Gasteiger partial charge in [0, 0.05) is 12.1 Å². The lowest BCUT2D eigenvalue weighted by molar-refractivity contribution is 0.0697. The molecule has 20 heavy (non-hydrogen) atoms. The van der Waals surface area contributed by atoms with Gasteiger partial charge in [0.15, 0.2) is 0 Å². The molecule has 6 heteroatoms. The molecule has 2 unspecified atom stereocenters. The number of fused-ring (bicyclic) bond motifs is 1. The molecular weight excluding hydrogens is 256 g/mol. The number of piperidine rings is 1. The first-order valence-corrected chi connectivity index (χ1v) is 6.95. The molecule has 2 atom stereocenters. The second kappa shape index (κ2) is 4.77. The van der Waals surface area contributed by atoms with Crippen molar-refractivity contribution in [3.05, 3.63) is 23.8 Å². The first-order valence-electron chi connectivity index (χ1n) is 6.95. The summed E-state index contributed by atoms with van der Waals surface area (Å²) in [7, 11) is 0. The number of aromatic nitrogens is 3. The summed E-state index contributed by atoms with van der Waals surface area (Å²) >= 11 is 0. The van der Waals surface area contributed by atoms with Gasteiger partial charge in [0.2, 0.25) is 0 Å². The van der Waals surface area contributed by atoms with E-state index in [2.05, 4.69) is 29.2 Å². The van der Waals surface area contributed by atoms with Crippen LogP contribution in [0.1, 0.15) is 43.5 Å². The minimum Gasteiger partial charge on any atom is -0.478 e. The number of benzene rings is 1. The molecule has 1 aliphatic rings. The average Bonchev–Trinajstić information content (AvgIpc) is 2.81.